The number of hydrogen-bond donors (Lipinski definition) is 4. The van der Waals surface area contributed by atoms with Crippen LogP contribution in [0.25, 0.3) is 0 Å². The van der Waals surface area contributed by atoms with Gasteiger partial charge in [-0.1, -0.05) is 15.9 Å². The van der Waals surface area contributed by atoms with Crippen molar-refractivity contribution in [3.8, 4) is 0 Å². The van der Waals surface area contributed by atoms with Crippen LogP contribution in [0.2, 0.25) is 0 Å². The van der Waals surface area contributed by atoms with Gasteiger partial charge in [-0.25, -0.2) is 9.59 Å². The van der Waals surface area contributed by atoms with E-state index in [4.69, 9.17) is 4.74 Å². The first-order valence-corrected chi connectivity index (χ1v) is 9.09. The molecule has 144 valence electrons. The number of aromatic amines is 1. The predicted molar refractivity (Wildman–Crippen MR) is 102 cm³/mol. The topological polar surface area (TPSA) is 125 Å². The van der Waals surface area contributed by atoms with Gasteiger partial charge in [0.25, 0.3) is 5.56 Å². The molecule has 9 nitrogen and oxygen atoms in total. The number of H-pyrrole nitrogens is 1. The molecular formula is C17H19BrN4O5. The van der Waals surface area contributed by atoms with Crippen LogP contribution in [-0.4, -0.2) is 39.4 Å². The van der Waals surface area contributed by atoms with Crippen LogP contribution in [0.1, 0.15) is 18.2 Å². The second kappa shape index (κ2) is 8.07. The zero-order chi connectivity index (χ0) is 19.6. The maximum atomic E-state index is 12.0. The van der Waals surface area contributed by atoms with Gasteiger partial charge in [0.1, 0.15) is 12.3 Å². The molecule has 3 rings (SSSR count). The Morgan fingerprint density at radius 3 is 2.78 bits per heavy atom. The molecule has 1 aromatic heterocycles. The van der Waals surface area contributed by atoms with Gasteiger partial charge < -0.3 is 20.5 Å². The molecule has 0 radical (unpaired) electrons. The molecule has 1 aliphatic rings. The number of benzene rings is 1. The highest BCUT2D eigenvalue weighted by atomic mass is 79.9. The number of hydrogen-bond acceptors (Lipinski definition) is 5. The number of ether oxygens (including phenoxy) is 1. The highest BCUT2D eigenvalue weighted by molar-refractivity contribution is 9.10. The Hall–Kier alpha value is -2.43. The molecule has 2 amide bonds. The third-order valence-corrected chi connectivity index (χ3v) is 4.75. The number of aliphatic hydroxyl groups excluding tert-OH is 1. The average molecular weight is 439 g/mol. The first-order valence-electron chi connectivity index (χ1n) is 8.29. The molecule has 1 aromatic carbocycles. The third-order valence-electron chi connectivity index (χ3n) is 4.23. The summed E-state index contributed by atoms with van der Waals surface area (Å²) in [5, 5.41) is 15.5. The number of amides is 2. The number of carbonyl (C=O) groups excluding carboxylic acids is 1. The SMILES string of the molecule is Cc1cn([C@H]2C[C@H](O)[C@@H](CNC(=O)Nc3ccc(Br)cc3)O2)c(=O)[nH]c1=O. The van der Waals surface area contributed by atoms with Gasteiger partial charge in [0.05, 0.1) is 6.10 Å². The van der Waals surface area contributed by atoms with Crippen LogP contribution in [0.4, 0.5) is 10.5 Å². The summed E-state index contributed by atoms with van der Waals surface area (Å²) in [7, 11) is 0. The normalized spacial score (nSPS) is 21.8. The van der Waals surface area contributed by atoms with E-state index in [1.54, 1.807) is 31.2 Å². The number of nitrogens with zero attached hydrogens (tertiary/aromatic N) is 1. The number of halogens is 1. The third kappa shape index (κ3) is 4.65. The first-order chi connectivity index (χ1) is 12.8. The molecule has 27 heavy (non-hydrogen) atoms. The van der Waals surface area contributed by atoms with E-state index in [1.807, 2.05) is 0 Å². The fourth-order valence-corrected chi connectivity index (χ4v) is 3.04. The van der Waals surface area contributed by atoms with Gasteiger partial charge in [0.2, 0.25) is 0 Å². The standard InChI is InChI=1S/C17H19BrN4O5/c1-9-8-22(17(26)21-15(9)24)14-6-12(23)13(27-14)7-19-16(25)20-11-4-2-10(18)3-5-11/h2-5,8,12-14,23H,6-7H2,1H3,(H2,19,20,25)(H,21,24,26)/t12-,13+,14+/m0/s1. The van der Waals surface area contributed by atoms with E-state index >= 15 is 0 Å². The van der Waals surface area contributed by atoms with Gasteiger partial charge in [0.15, 0.2) is 0 Å². The van der Waals surface area contributed by atoms with Crippen molar-refractivity contribution in [1.82, 2.24) is 14.9 Å². The van der Waals surface area contributed by atoms with Crippen LogP contribution in [0, 0.1) is 6.92 Å². The molecule has 0 saturated carbocycles. The molecule has 1 saturated heterocycles. The largest absolute Gasteiger partial charge is 0.390 e. The predicted octanol–water partition coefficient (Wildman–Crippen LogP) is 1.08. The summed E-state index contributed by atoms with van der Waals surface area (Å²) in [6.07, 6.45) is -0.683. The van der Waals surface area contributed by atoms with Gasteiger partial charge in [-0.15, -0.1) is 0 Å². The summed E-state index contributed by atoms with van der Waals surface area (Å²) < 4.78 is 7.83. The highest BCUT2D eigenvalue weighted by Crippen LogP contribution is 2.27. The minimum atomic E-state index is -0.859. The number of aryl methyl sites for hydroxylation is 1. The minimum absolute atomic E-state index is 0.0666. The molecule has 2 heterocycles. The summed E-state index contributed by atoms with van der Waals surface area (Å²) in [6, 6.07) is 6.65. The lowest BCUT2D eigenvalue weighted by atomic mass is 10.2. The number of nitrogens with one attached hydrogen (secondary N) is 3. The Bertz CT molecular complexity index is 940. The van der Waals surface area contributed by atoms with Gasteiger partial charge in [-0.05, 0) is 31.2 Å². The summed E-state index contributed by atoms with van der Waals surface area (Å²) >= 11 is 3.32. The highest BCUT2D eigenvalue weighted by Gasteiger charge is 2.35. The molecule has 1 fully saturated rings. The van der Waals surface area contributed by atoms with E-state index in [1.165, 1.54) is 10.8 Å². The van der Waals surface area contributed by atoms with Gasteiger partial charge in [0, 0.05) is 34.9 Å². The van der Waals surface area contributed by atoms with Crippen LogP contribution >= 0.6 is 15.9 Å². The van der Waals surface area contributed by atoms with Crippen molar-refractivity contribution in [3.63, 3.8) is 0 Å². The van der Waals surface area contributed by atoms with Crippen molar-refractivity contribution >= 4 is 27.6 Å². The molecular weight excluding hydrogens is 420 g/mol. The molecule has 4 N–H and O–H groups in total. The smallest absolute Gasteiger partial charge is 0.330 e. The van der Waals surface area contributed by atoms with E-state index in [-0.39, 0.29) is 13.0 Å². The Kier molecular flexibility index (Phi) is 5.78. The zero-order valence-corrected chi connectivity index (χ0v) is 16.0. The van der Waals surface area contributed by atoms with Crippen LogP contribution in [-0.2, 0) is 4.74 Å². The van der Waals surface area contributed by atoms with Gasteiger partial charge >= 0.3 is 11.7 Å². The molecule has 2 aromatic rings. The lowest BCUT2D eigenvalue weighted by Crippen LogP contribution is -2.39. The van der Waals surface area contributed by atoms with Crippen molar-refractivity contribution in [2.24, 2.45) is 0 Å². The quantitative estimate of drug-likeness (QED) is 0.568. The molecule has 0 aliphatic carbocycles. The Labute approximate surface area is 162 Å². The van der Waals surface area contributed by atoms with Crippen molar-refractivity contribution < 1.29 is 14.6 Å². The van der Waals surface area contributed by atoms with Crippen molar-refractivity contribution in [1.29, 1.82) is 0 Å². The molecule has 1 aliphatic heterocycles. The summed E-state index contributed by atoms with van der Waals surface area (Å²) in [5.41, 5.74) is -0.0816. The maximum absolute atomic E-state index is 12.0. The summed E-state index contributed by atoms with van der Waals surface area (Å²) in [6.45, 7) is 1.64. The van der Waals surface area contributed by atoms with Crippen molar-refractivity contribution in [2.45, 2.75) is 31.8 Å². The van der Waals surface area contributed by atoms with E-state index in [0.29, 0.717) is 11.3 Å². The fraction of sp³-hybridized carbons (Fsp3) is 0.353. The Balaban J connectivity index is 1.58. The second-order valence-electron chi connectivity index (χ2n) is 6.25. The number of aliphatic hydroxyl groups is 1. The number of carbonyl (C=O) groups is 1. The summed E-state index contributed by atoms with van der Waals surface area (Å²) in [4.78, 5) is 37.6. The van der Waals surface area contributed by atoms with Crippen LogP contribution in [0.3, 0.4) is 0 Å². The van der Waals surface area contributed by atoms with Gasteiger partial charge in [-0.3, -0.25) is 14.3 Å². The van der Waals surface area contributed by atoms with E-state index in [9.17, 15) is 19.5 Å². The lowest BCUT2D eigenvalue weighted by molar-refractivity contribution is -0.0178. The number of urea groups is 1. The molecule has 10 heteroatoms. The molecule has 3 atom stereocenters. The number of anilines is 1. The zero-order valence-electron chi connectivity index (χ0n) is 14.4. The fourth-order valence-electron chi connectivity index (χ4n) is 2.77. The molecule has 0 unspecified atom stereocenters. The number of rotatable bonds is 4. The van der Waals surface area contributed by atoms with Crippen LogP contribution in [0.5, 0.6) is 0 Å². The summed E-state index contributed by atoms with van der Waals surface area (Å²) in [5.74, 6) is 0. The monoisotopic (exact) mass is 438 g/mol. The first kappa shape index (κ1) is 19.3. The molecule has 0 spiro atoms. The maximum Gasteiger partial charge on any atom is 0.330 e. The van der Waals surface area contributed by atoms with Crippen molar-refractivity contribution in [3.05, 3.63) is 61.3 Å². The van der Waals surface area contributed by atoms with Crippen LogP contribution < -0.4 is 21.9 Å². The van der Waals surface area contributed by atoms with E-state index in [2.05, 4.69) is 31.5 Å². The van der Waals surface area contributed by atoms with Crippen molar-refractivity contribution in [2.75, 3.05) is 11.9 Å². The lowest BCUT2D eigenvalue weighted by Gasteiger charge is -2.17. The number of aromatic nitrogens is 2. The average Bonchev–Trinajstić information content (AvgIpc) is 2.99. The van der Waals surface area contributed by atoms with Crippen LogP contribution in [0.15, 0.2) is 44.5 Å². The second-order valence-corrected chi connectivity index (χ2v) is 7.17. The van der Waals surface area contributed by atoms with E-state index < -0.39 is 35.7 Å². The molecule has 0 bridgehead atoms. The van der Waals surface area contributed by atoms with Gasteiger partial charge in [-0.2, -0.15) is 0 Å². The Morgan fingerprint density at radius 1 is 1.37 bits per heavy atom. The van der Waals surface area contributed by atoms with E-state index in [0.717, 1.165) is 4.47 Å². The Morgan fingerprint density at radius 2 is 2.07 bits per heavy atom. The minimum Gasteiger partial charge on any atom is -0.390 e.